The van der Waals surface area contributed by atoms with Crippen LogP contribution in [0.3, 0.4) is 0 Å². The number of hydrazine groups is 1. The standard InChI is InChI=1S/C28H37N5O4/c1-19(2)26-27(35)31(16-20(3)22-9-7-6-8-10-22)17-24-32(26)25(34)18-30(4)33(24)28(36)29-15-21-11-13-23(37-5)14-12-21/h6-14,19-20,24,26H,15-18H2,1-5H3,(H,29,36)/t20?,24-,26-/m0/s1. The predicted molar refractivity (Wildman–Crippen MR) is 140 cm³/mol. The van der Waals surface area contributed by atoms with E-state index in [-0.39, 0.29) is 42.8 Å². The van der Waals surface area contributed by atoms with Gasteiger partial charge in [0.1, 0.15) is 18.0 Å². The molecule has 0 aromatic heterocycles. The number of amides is 4. The van der Waals surface area contributed by atoms with Crippen molar-refractivity contribution in [2.45, 2.75) is 45.4 Å². The Morgan fingerprint density at radius 1 is 1.05 bits per heavy atom. The zero-order valence-electron chi connectivity index (χ0n) is 22.3. The molecule has 1 unspecified atom stereocenters. The first-order valence-corrected chi connectivity index (χ1v) is 12.8. The molecule has 2 aliphatic rings. The number of carbonyl (C=O) groups excluding carboxylic acids is 3. The van der Waals surface area contributed by atoms with Gasteiger partial charge >= 0.3 is 6.03 Å². The van der Waals surface area contributed by atoms with Gasteiger partial charge in [0, 0.05) is 20.1 Å². The average molecular weight is 508 g/mol. The topological polar surface area (TPSA) is 85.4 Å². The number of hydrogen-bond donors (Lipinski definition) is 1. The second-order valence-corrected chi connectivity index (χ2v) is 10.2. The molecule has 2 aromatic rings. The van der Waals surface area contributed by atoms with Gasteiger partial charge in [0.25, 0.3) is 0 Å². The summed E-state index contributed by atoms with van der Waals surface area (Å²) in [6.45, 7) is 7.11. The van der Waals surface area contributed by atoms with Gasteiger partial charge in [-0.05, 0) is 35.1 Å². The van der Waals surface area contributed by atoms with Crippen LogP contribution in [0.25, 0.3) is 0 Å². The Bertz CT molecular complexity index is 1110. The van der Waals surface area contributed by atoms with E-state index in [1.165, 1.54) is 0 Å². The van der Waals surface area contributed by atoms with E-state index in [4.69, 9.17) is 4.74 Å². The number of likely N-dealkylation sites (N-methyl/N-ethyl adjacent to an activating group) is 1. The molecule has 2 fully saturated rings. The summed E-state index contributed by atoms with van der Waals surface area (Å²) in [5, 5.41) is 6.23. The molecule has 198 valence electrons. The molecule has 0 aliphatic carbocycles. The minimum Gasteiger partial charge on any atom is -0.497 e. The minimum absolute atomic E-state index is 0.0311. The largest absolute Gasteiger partial charge is 0.497 e. The second-order valence-electron chi connectivity index (χ2n) is 10.2. The van der Waals surface area contributed by atoms with E-state index in [0.717, 1.165) is 16.9 Å². The Labute approximate surface area is 218 Å². The number of fused-ring (bicyclic) bond motifs is 1. The first-order chi connectivity index (χ1) is 17.7. The monoisotopic (exact) mass is 507 g/mol. The zero-order chi connectivity index (χ0) is 26.7. The summed E-state index contributed by atoms with van der Waals surface area (Å²) in [5.74, 6) is 0.553. The number of benzene rings is 2. The first kappa shape index (κ1) is 26.5. The van der Waals surface area contributed by atoms with Gasteiger partial charge in [0.15, 0.2) is 0 Å². The molecule has 0 radical (unpaired) electrons. The second kappa shape index (κ2) is 11.2. The van der Waals surface area contributed by atoms with Crippen molar-refractivity contribution in [2.24, 2.45) is 5.92 Å². The van der Waals surface area contributed by atoms with Crippen molar-refractivity contribution in [1.82, 2.24) is 25.1 Å². The lowest BCUT2D eigenvalue weighted by atomic mass is 9.94. The van der Waals surface area contributed by atoms with Gasteiger partial charge in [0.05, 0.1) is 20.2 Å². The Morgan fingerprint density at radius 2 is 1.73 bits per heavy atom. The Hall–Kier alpha value is -3.59. The summed E-state index contributed by atoms with van der Waals surface area (Å²) in [5.41, 5.74) is 2.07. The highest BCUT2D eigenvalue weighted by molar-refractivity contribution is 5.91. The van der Waals surface area contributed by atoms with Crippen LogP contribution in [0.2, 0.25) is 0 Å². The third-order valence-corrected chi connectivity index (χ3v) is 7.18. The molecule has 4 rings (SSSR count). The number of methoxy groups -OCH3 is 1. The highest BCUT2D eigenvalue weighted by Gasteiger charge is 2.51. The lowest BCUT2D eigenvalue weighted by Gasteiger charge is -2.55. The van der Waals surface area contributed by atoms with Crippen LogP contribution < -0.4 is 10.1 Å². The molecular weight excluding hydrogens is 470 g/mol. The molecule has 2 heterocycles. The van der Waals surface area contributed by atoms with Crippen LogP contribution in [0, 0.1) is 5.92 Å². The fourth-order valence-electron chi connectivity index (χ4n) is 5.25. The van der Waals surface area contributed by atoms with Crippen LogP contribution >= 0.6 is 0 Å². The summed E-state index contributed by atoms with van der Waals surface area (Å²) >= 11 is 0. The van der Waals surface area contributed by atoms with Crippen molar-refractivity contribution in [3.63, 3.8) is 0 Å². The minimum atomic E-state index is -0.625. The van der Waals surface area contributed by atoms with Gasteiger partial charge in [-0.3, -0.25) is 9.59 Å². The maximum absolute atomic E-state index is 13.6. The molecule has 0 saturated carbocycles. The average Bonchev–Trinajstić information content (AvgIpc) is 2.88. The first-order valence-electron chi connectivity index (χ1n) is 12.8. The van der Waals surface area contributed by atoms with Crippen LogP contribution in [0.1, 0.15) is 37.8 Å². The van der Waals surface area contributed by atoms with Crippen LogP contribution in [0.4, 0.5) is 4.79 Å². The quantitative estimate of drug-likeness (QED) is 0.623. The summed E-state index contributed by atoms with van der Waals surface area (Å²) in [6.07, 6.45) is -0.588. The summed E-state index contributed by atoms with van der Waals surface area (Å²) in [7, 11) is 3.35. The summed E-state index contributed by atoms with van der Waals surface area (Å²) < 4.78 is 5.20. The number of ether oxygens (including phenoxy) is 1. The number of nitrogens with zero attached hydrogens (tertiary/aromatic N) is 4. The third-order valence-electron chi connectivity index (χ3n) is 7.18. The fourth-order valence-corrected chi connectivity index (χ4v) is 5.25. The third kappa shape index (κ3) is 5.56. The molecule has 4 amide bonds. The molecular formula is C28H37N5O4. The van der Waals surface area contributed by atoms with Gasteiger partial charge in [-0.15, -0.1) is 0 Å². The van der Waals surface area contributed by atoms with Crippen molar-refractivity contribution >= 4 is 17.8 Å². The van der Waals surface area contributed by atoms with Crippen LogP contribution in [0.15, 0.2) is 54.6 Å². The lowest BCUT2D eigenvalue weighted by Crippen LogP contribution is -2.76. The van der Waals surface area contributed by atoms with Gasteiger partial charge in [-0.2, -0.15) is 0 Å². The molecule has 1 N–H and O–H groups in total. The fraction of sp³-hybridized carbons (Fsp3) is 0.464. The molecule has 2 aromatic carbocycles. The smallest absolute Gasteiger partial charge is 0.334 e. The van der Waals surface area contributed by atoms with Crippen molar-refractivity contribution in [2.75, 3.05) is 33.8 Å². The Morgan fingerprint density at radius 3 is 2.35 bits per heavy atom. The van der Waals surface area contributed by atoms with Crippen molar-refractivity contribution in [3.8, 4) is 5.75 Å². The highest BCUT2D eigenvalue weighted by Crippen LogP contribution is 2.30. The van der Waals surface area contributed by atoms with E-state index < -0.39 is 12.2 Å². The van der Waals surface area contributed by atoms with Crippen LogP contribution in [0.5, 0.6) is 5.75 Å². The number of rotatable bonds is 7. The van der Waals surface area contributed by atoms with Crippen molar-refractivity contribution in [1.29, 1.82) is 0 Å². The molecule has 0 spiro atoms. The molecule has 0 bridgehead atoms. The number of carbonyl (C=O) groups is 3. The highest BCUT2D eigenvalue weighted by atomic mass is 16.5. The molecule has 9 heteroatoms. The normalized spacial score (nSPS) is 21.2. The van der Waals surface area contributed by atoms with Crippen molar-refractivity contribution in [3.05, 3.63) is 65.7 Å². The summed E-state index contributed by atoms with van der Waals surface area (Å²) in [6, 6.07) is 16.6. The van der Waals surface area contributed by atoms with Gasteiger partial charge in [-0.1, -0.05) is 63.2 Å². The maximum atomic E-state index is 13.6. The number of nitrogens with one attached hydrogen (secondary N) is 1. The van der Waals surface area contributed by atoms with Crippen molar-refractivity contribution < 1.29 is 19.1 Å². The predicted octanol–water partition coefficient (Wildman–Crippen LogP) is 2.89. The molecule has 2 aliphatic heterocycles. The number of piperazine rings is 1. The summed E-state index contributed by atoms with van der Waals surface area (Å²) in [4.78, 5) is 43.8. The van der Waals surface area contributed by atoms with E-state index in [9.17, 15) is 14.4 Å². The van der Waals surface area contributed by atoms with E-state index in [2.05, 4.69) is 24.4 Å². The van der Waals surface area contributed by atoms with E-state index >= 15 is 0 Å². The lowest BCUT2D eigenvalue weighted by molar-refractivity contribution is -0.190. The number of urea groups is 1. The molecule has 9 nitrogen and oxygen atoms in total. The van der Waals surface area contributed by atoms with E-state index in [1.807, 2.05) is 61.2 Å². The van der Waals surface area contributed by atoms with Gasteiger partial charge < -0.3 is 19.9 Å². The molecule has 2 saturated heterocycles. The van der Waals surface area contributed by atoms with Crippen LogP contribution in [-0.4, -0.2) is 83.7 Å². The molecule has 37 heavy (non-hydrogen) atoms. The van der Waals surface area contributed by atoms with E-state index in [1.54, 1.807) is 29.1 Å². The Kier molecular flexibility index (Phi) is 8.02. The van der Waals surface area contributed by atoms with E-state index in [0.29, 0.717) is 13.1 Å². The molecule has 3 atom stereocenters. The zero-order valence-corrected chi connectivity index (χ0v) is 22.3. The number of hydrogen-bond acceptors (Lipinski definition) is 5. The maximum Gasteiger partial charge on any atom is 0.334 e. The van der Waals surface area contributed by atoms with Gasteiger partial charge in [0.2, 0.25) is 11.8 Å². The van der Waals surface area contributed by atoms with Crippen LogP contribution in [-0.2, 0) is 16.1 Å². The van der Waals surface area contributed by atoms with Gasteiger partial charge in [-0.25, -0.2) is 14.8 Å². The SMILES string of the molecule is COc1ccc(CNC(=O)N2[C@H]3CN(CC(C)c4ccccc4)C(=O)[C@H](C(C)C)N3C(=O)CN2C)cc1. The Balaban J connectivity index is 1.56.